The van der Waals surface area contributed by atoms with Crippen LogP contribution in [0.2, 0.25) is 5.02 Å². The van der Waals surface area contributed by atoms with Crippen molar-refractivity contribution in [3.05, 3.63) is 28.8 Å². The van der Waals surface area contributed by atoms with Crippen LogP contribution in [0.1, 0.15) is 25.3 Å². The Morgan fingerprint density at radius 3 is 2.89 bits per heavy atom. The fourth-order valence-electron chi connectivity index (χ4n) is 1.47. The van der Waals surface area contributed by atoms with E-state index in [0.717, 1.165) is 0 Å². The summed E-state index contributed by atoms with van der Waals surface area (Å²) in [4.78, 5) is 12.0. The van der Waals surface area contributed by atoms with Gasteiger partial charge in [-0.15, -0.1) is 0 Å². The number of nitrogens with two attached hydrogens (primary N) is 1. The first-order chi connectivity index (χ1) is 9.04. The predicted octanol–water partition coefficient (Wildman–Crippen LogP) is 2.73. The molecule has 0 atom stereocenters. The van der Waals surface area contributed by atoms with Gasteiger partial charge in [0, 0.05) is 25.2 Å². The Balaban J connectivity index is 2.58. The molecule has 0 saturated heterocycles. The van der Waals surface area contributed by atoms with E-state index in [2.05, 4.69) is 5.32 Å². The van der Waals surface area contributed by atoms with Gasteiger partial charge in [0.25, 0.3) is 0 Å². The standard InChI is InChI=1S/C13H17ClN2O2S/c1-2-18-7-3-4-12(17)16-11-8-9(13(15)19)5-6-10(11)14/h5-6,8H,2-4,7H2,1H3,(H2,15,19)(H,16,17). The van der Waals surface area contributed by atoms with Crippen molar-refractivity contribution >= 4 is 40.4 Å². The second-order valence-electron chi connectivity index (χ2n) is 3.91. The fourth-order valence-corrected chi connectivity index (χ4v) is 1.76. The molecular weight excluding hydrogens is 284 g/mol. The molecule has 0 heterocycles. The third-order valence-electron chi connectivity index (χ3n) is 2.42. The summed E-state index contributed by atoms with van der Waals surface area (Å²) in [6, 6.07) is 5.05. The molecule has 0 radical (unpaired) electrons. The zero-order chi connectivity index (χ0) is 14.3. The van der Waals surface area contributed by atoms with Gasteiger partial charge in [-0.3, -0.25) is 4.79 Å². The van der Waals surface area contributed by atoms with E-state index >= 15 is 0 Å². The summed E-state index contributed by atoms with van der Waals surface area (Å²) in [6.07, 6.45) is 1.06. The molecule has 19 heavy (non-hydrogen) atoms. The van der Waals surface area contributed by atoms with Crippen molar-refractivity contribution < 1.29 is 9.53 Å². The minimum atomic E-state index is -0.110. The van der Waals surface area contributed by atoms with Crippen LogP contribution in [0.5, 0.6) is 0 Å². The summed E-state index contributed by atoms with van der Waals surface area (Å²) in [5.41, 5.74) is 6.73. The Hall–Kier alpha value is -1.17. The lowest BCUT2D eigenvalue weighted by Gasteiger charge is -2.09. The highest BCUT2D eigenvalue weighted by Crippen LogP contribution is 2.23. The molecule has 104 valence electrons. The summed E-state index contributed by atoms with van der Waals surface area (Å²) < 4.78 is 5.17. The van der Waals surface area contributed by atoms with E-state index in [0.29, 0.717) is 42.3 Å². The van der Waals surface area contributed by atoms with Crippen LogP contribution in [0.4, 0.5) is 5.69 Å². The van der Waals surface area contributed by atoms with E-state index < -0.39 is 0 Å². The molecule has 0 bridgehead atoms. The first-order valence-corrected chi connectivity index (χ1v) is 6.80. The van der Waals surface area contributed by atoms with Crippen molar-refractivity contribution in [1.82, 2.24) is 0 Å². The highest BCUT2D eigenvalue weighted by molar-refractivity contribution is 7.80. The molecular formula is C13H17ClN2O2S. The van der Waals surface area contributed by atoms with Crippen molar-refractivity contribution in [2.24, 2.45) is 5.73 Å². The van der Waals surface area contributed by atoms with E-state index in [1.807, 2.05) is 6.92 Å². The van der Waals surface area contributed by atoms with Crippen LogP contribution in [0, 0.1) is 0 Å². The number of carbonyl (C=O) groups excluding carboxylic acids is 1. The Morgan fingerprint density at radius 1 is 1.53 bits per heavy atom. The quantitative estimate of drug-likeness (QED) is 0.600. The van der Waals surface area contributed by atoms with E-state index in [1.54, 1.807) is 18.2 Å². The molecule has 0 spiro atoms. The van der Waals surface area contributed by atoms with Gasteiger partial charge in [-0.2, -0.15) is 0 Å². The normalized spacial score (nSPS) is 10.2. The third-order valence-corrected chi connectivity index (χ3v) is 2.99. The van der Waals surface area contributed by atoms with Crippen LogP contribution >= 0.6 is 23.8 Å². The summed E-state index contributed by atoms with van der Waals surface area (Å²) in [7, 11) is 0. The number of thiocarbonyl (C=S) groups is 1. The van der Waals surface area contributed by atoms with Crippen LogP contribution in [0.3, 0.4) is 0 Å². The number of hydrogen-bond donors (Lipinski definition) is 2. The van der Waals surface area contributed by atoms with E-state index in [1.165, 1.54) is 0 Å². The van der Waals surface area contributed by atoms with Crippen molar-refractivity contribution in [1.29, 1.82) is 0 Å². The largest absolute Gasteiger partial charge is 0.389 e. The molecule has 1 rings (SSSR count). The molecule has 0 aliphatic carbocycles. The highest BCUT2D eigenvalue weighted by atomic mass is 35.5. The molecule has 1 amide bonds. The maximum atomic E-state index is 11.7. The fraction of sp³-hybridized carbons (Fsp3) is 0.385. The minimum Gasteiger partial charge on any atom is -0.389 e. The predicted molar refractivity (Wildman–Crippen MR) is 81.7 cm³/mol. The number of hydrogen-bond acceptors (Lipinski definition) is 3. The lowest BCUT2D eigenvalue weighted by molar-refractivity contribution is -0.116. The Morgan fingerprint density at radius 2 is 2.26 bits per heavy atom. The van der Waals surface area contributed by atoms with Gasteiger partial charge >= 0.3 is 0 Å². The third kappa shape index (κ3) is 5.55. The van der Waals surface area contributed by atoms with Gasteiger partial charge < -0.3 is 15.8 Å². The number of benzene rings is 1. The number of nitrogens with one attached hydrogen (secondary N) is 1. The number of halogens is 1. The summed E-state index contributed by atoms with van der Waals surface area (Å²) >= 11 is 10.9. The summed E-state index contributed by atoms with van der Waals surface area (Å²) in [5.74, 6) is -0.110. The monoisotopic (exact) mass is 300 g/mol. The Labute approximate surface area is 123 Å². The van der Waals surface area contributed by atoms with Crippen LogP contribution in [0.25, 0.3) is 0 Å². The molecule has 1 aromatic carbocycles. The Bertz CT molecular complexity index is 466. The number of ether oxygens (including phenoxy) is 1. The molecule has 4 nitrogen and oxygen atoms in total. The topological polar surface area (TPSA) is 64.3 Å². The molecule has 0 aromatic heterocycles. The van der Waals surface area contributed by atoms with Crippen LogP contribution in [-0.2, 0) is 9.53 Å². The smallest absolute Gasteiger partial charge is 0.224 e. The van der Waals surface area contributed by atoms with Crippen molar-refractivity contribution in [3.8, 4) is 0 Å². The van der Waals surface area contributed by atoms with Crippen LogP contribution in [0.15, 0.2) is 18.2 Å². The van der Waals surface area contributed by atoms with Crippen LogP contribution in [-0.4, -0.2) is 24.1 Å². The number of anilines is 1. The highest BCUT2D eigenvalue weighted by Gasteiger charge is 2.07. The molecule has 0 unspecified atom stereocenters. The summed E-state index contributed by atoms with van der Waals surface area (Å²) in [6.45, 7) is 3.15. The van der Waals surface area contributed by atoms with Gasteiger partial charge in [0.15, 0.2) is 0 Å². The van der Waals surface area contributed by atoms with Gasteiger partial charge in [-0.1, -0.05) is 29.9 Å². The SMILES string of the molecule is CCOCCCC(=O)Nc1cc(C(N)=S)ccc1Cl. The molecule has 0 aliphatic heterocycles. The number of amides is 1. The van der Waals surface area contributed by atoms with Gasteiger partial charge in [-0.05, 0) is 25.5 Å². The van der Waals surface area contributed by atoms with E-state index in [4.69, 9.17) is 34.3 Å². The lowest BCUT2D eigenvalue weighted by atomic mass is 10.2. The maximum absolute atomic E-state index is 11.7. The molecule has 6 heteroatoms. The Kier molecular flexibility index (Phi) is 6.77. The van der Waals surface area contributed by atoms with Crippen molar-refractivity contribution in [2.45, 2.75) is 19.8 Å². The average Bonchev–Trinajstić information content (AvgIpc) is 2.37. The van der Waals surface area contributed by atoms with Crippen LogP contribution < -0.4 is 11.1 Å². The molecule has 3 N–H and O–H groups in total. The van der Waals surface area contributed by atoms with Crippen molar-refractivity contribution in [3.63, 3.8) is 0 Å². The maximum Gasteiger partial charge on any atom is 0.224 e. The molecule has 0 fully saturated rings. The minimum absolute atomic E-state index is 0.110. The summed E-state index contributed by atoms with van der Waals surface area (Å²) in [5, 5.41) is 3.20. The van der Waals surface area contributed by atoms with Gasteiger partial charge in [0.1, 0.15) is 4.99 Å². The van der Waals surface area contributed by atoms with Gasteiger partial charge in [0.05, 0.1) is 10.7 Å². The van der Waals surface area contributed by atoms with Crippen molar-refractivity contribution in [2.75, 3.05) is 18.5 Å². The average molecular weight is 301 g/mol. The molecule has 1 aromatic rings. The molecule has 0 aliphatic rings. The second-order valence-corrected chi connectivity index (χ2v) is 4.75. The lowest BCUT2D eigenvalue weighted by Crippen LogP contribution is -2.14. The first-order valence-electron chi connectivity index (χ1n) is 6.01. The first kappa shape index (κ1) is 15.9. The van der Waals surface area contributed by atoms with E-state index in [9.17, 15) is 4.79 Å². The number of rotatable bonds is 7. The molecule has 0 saturated carbocycles. The zero-order valence-corrected chi connectivity index (χ0v) is 12.3. The zero-order valence-electron chi connectivity index (χ0n) is 10.7. The second kappa shape index (κ2) is 8.09. The van der Waals surface area contributed by atoms with Gasteiger partial charge in [-0.25, -0.2) is 0 Å². The van der Waals surface area contributed by atoms with Gasteiger partial charge in [0.2, 0.25) is 5.91 Å². The number of carbonyl (C=O) groups is 1. The van der Waals surface area contributed by atoms with E-state index in [-0.39, 0.29) is 10.9 Å².